The van der Waals surface area contributed by atoms with Crippen molar-refractivity contribution in [3.63, 3.8) is 0 Å². The molecule has 0 saturated carbocycles. The van der Waals surface area contributed by atoms with Gasteiger partial charge in [-0.3, -0.25) is 14.4 Å². The van der Waals surface area contributed by atoms with E-state index in [1.807, 2.05) is 38.8 Å². The number of rotatable bonds is 3. The second-order valence-corrected chi connectivity index (χ2v) is 9.98. The summed E-state index contributed by atoms with van der Waals surface area (Å²) in [4.78, 5) is 35.6. The van der Waals surface area contributed by atoms with Gasteiger partial charge in [0.25, 0.3) is 0 Å². The summed E-state index contributed by atoms with van der Waals surface area (Å²) in [5.41, 5.74) is 0.752. The van der Waals surface area contributed by atoms with Gasteiger partial charge in [0.15, 0.2) is 0 Å². The molecule has 3 amide bonds. The van der Waals surface area contributed by atoms with E-state index in [0.29, 0.717) is 32.8 Å². The van der Waals surface area contributed by atoms with Gasteiger partial charge in [-0.1, -0.05) is 0 Å². The Morgan fingerprint density at radius 3 is 2.50 bits per heavy atom. The van der Waals surface area contributed by atoms with E-state index in [2.05, 4.69) is 10.00 Å². The number of aromatic nitrogens is 2. The number of carbonyl (C=O) groups excluding carboxylic acids is 2. The fourth-order valence-corrected chi connectivity index (χ4v) is 6.18. The quantitative estimate of drug-likeness (QED) is 0.696. The van der Waals surface area contributed by atoms with Crippen molar-refractivity contribution in [1.29, 1.82) is 0 Å². The Labute approximate surface area is 190 Å². The molecular formula is C23H36N6O3. The Hall–Kier alpha value is -2.13. The maximum Gasteiger partial charge on any atom is 0.320 e. The van der Waals surface area contributed by atoms with E-state index in [9.17, 15) is 9.59 Å². The van der Waals surface area contributed by atoms with Crippen molar-refractivity contribution in [1.82, 2.24) is 29.4 Å². The third-order valence-electron chi connectivity index (χ3n) is 7.79. The van der Waals surface area contributed by atoms with Crippen molar-refractivity contribution >= 4 is 11.9 Å². The molecule has 0 spiro atoms. The van der Waals surface area contributed by atoms with Crippen LogP contribution in [0.2, 0.25) is 0 Å². The van der Waals surface area contributed by atoms with Gasteiger partial charge in [0.1, 0.15) is 0 Å². The van der Waals surface area contributed by atoms with Crippen LogP contribution >= 0.6 is 0 Å². The minimum atomic E-state index is -0.417. The van der Waals surface area contributed by atoms with Crippen LogP contribution in [0.15, 0.2) is 12.4 Å². The first-order valence-corrected chi connectivity index (χ1v) is 12.2. The second-order valence-electron chi connectivity index (χ2n) is 9.98. The van der Waals surface area contributed by atoms with E-state index in [-0.39, 0.29) is 17.9 Å². The molecule has 4 aliphatic heterocycles. The zero-order chi connectivity index (χ0) is 22.1. The number of ether oxygens (including phenoxy) is 1. The number of likely N-dealkylation sites (tertiary alicyclic amines) is 3. The molecular weight excluding hydrogens is 408 g/mol. The smallest absolute Gasteiger partial charge is 0.320 e. The lowest BCUT2D eigenvalue weighted by molar-refractivity contribution is -0.148. The largest absolute Gasteiger partial charge is 0.378 e. The Bertz CT molecular complexity index is 831. The van der Waals surface area contributed by atoms with Gasteiger partial charge in [0, 0.05) is 83.6 Å². The minimum Gasteiger partial charge on any atom is -0.378 e. The molecule has 5 heterocycles. The first-order valence-electron chi connectivity index (χ1n) is 12.2. The fourth-order valence-electron chi connectivity index (χ4n) is 6.18. The monoisotopic (exact) mass is 444 g/mol. The molecule has 0 aromatic carbocycles. The van der Waals surface area contributed by atoms with Gasteiger partial charge in [0.05, 0.1) is 24.8 Å². The van der Waals surface area contributed by atoms with Crippen LogP contribution in [-0.4, -0.2) is 107 Å². The molecule has 32 heavy (non-hydrogen) atoms. The maximum absolute atomic E-state index is 14.0. The van der Waals surface area contributed by atoms with Gasteiger partial charge in [-0.05, 0) is 25.7 Å². The van der Waals surface area contributed by atoms with Crippen LogP contribution in [0, 0.1) is 11.3 Å². The van der Waals surface area contributed by atoms with Crippen LogP contribution in [0.4, 0.5) is 4.79 Å². The van der Waals surface area contributed by atoms with Crippen LogP contribution < -0.4 is 0 Å². The number of hydrogen-bond acceptors (Lipinski definition) is 5. The van der Waals surface area contributed by atoms with E-state index in [1.54, 1.807) is 0 Å². The molecule has 1 aromatic rings. The number of carbonyl (C=O) groups is 2. The molecule has 4 saturated heterocycles. The van der Waals surface area contributed by atoms with Gasteiger partial charge >= 0.3 is 6.03 Å². The van der Waals surface area contributed by atoms with Crippen molar-refractivity contribution in [3.05, 3.63) is 18.0 Å². The lowest BCUT2D eigenvalue weighted by Crippen LogP contribution is -2.53. The Morgan fingerprint density at radius 2 is 1.78 bits per heavy atom. The molecule has 0 unspecified atom stereocenters. The predicted molar refractivity (Wildman–Crippen MR) is 119 cm³/mol. The van der Waals surface area contributed by atoms with Crippen LogP contribution in [0.25, 0.3) is 0 Å². The Kier molecular flexibility index (Phi) is 6.11. The molecule has 0 radical (unpaired) electrons. The zero-order valence-corrected chi connectivity index (χ0v) is 19.2. The highest BCUT2D eigenvalue weighted by molar-refractivity contribution is 5.84. The molecule has 0 aliphatic carbocycles. The van der Waals surface area contributed by atoms with E-state index in [0.717, 1.165) is 65.0 Å². The predicted octanol–water partition coefficient (Wildman–Crippen LogP) is 1.01. The molecule has 0 N–H and O–H groups in total. The van der Waals surface area contributed by atoms with Crippen molar-refractivity contribution in [2.45, 2.75) is 32.2 Å². The summed E-state index contributed by atoms with van der Waals surface area (Å²) in [6.45, 7) is 8.14. The number of morpholine rings is 1. The molecule has 4 fully saturated rings. The van der Waals surface area contributed by atoms with E-state index < -0.39 is 5.41 Å². The summed E-state index contributed by atoms with van der Waals surface area (Å²) >= 11 is 0. The summed E-state index contributed by atoms with van der Waals surface area (Å²) < 4.78 is 7.33. The average molecular weight is 445 g/mol. The number of urea groups is 1. The summed E-state index contributed by atoms with van der Waals surface area (Å²) in [6, 6.07) is 0.169. The maximum atomic E-state index is 14.0. The molecule has 5 rings (SSSR count). The van der Waals surface area contributed by atoms with Crippen molar-refractivity contribution < 1.29 is 14.3 Å². The summed E-state index contributed by atoms with van der Waals surface area (Å²) in [5.74, 6) is 0.429. The highest BCUT2D eigenvalue weighted by atomic mass is 16.5. The van der Waals surface area contributed by atoms with Gasteiger partial charge < -0.3 is 19.4 Å². The van der Waals surface area contributed by atoms with Crippen LogP contribution in [0.5, 0.6) is 0 Å². The lowest BCUT2D eigenvalue weighted by atomic mass is 9.73. The number of amides is 3. The third-order valence-corrected chi connectivity index (χ3v) is 7.79. The minimum absolute atomic E-state index is 0.156. The number of aryl methyl sites for hydroxylation is 1. The summed E-state index contributed by atoms with van der Waals surface area (Å²) in [5, 5.41) is 4.31. The summed E-state index contributed by atoms with van der Waals surface area (Å²) in [6.07, 6.45) is 7.89. The molecule has 0 bridgehead atoms. The van der Waals surface area contributed by atoms with E-state index >= 15 is 0 Å². The van der Waals surface area contributed by atoms with Crippen LogP contribution in [-0.2, 0) is 23.1 Å². The Balaban J connectivity index is 1.38. The van der Waals surface area contributed by atoms with Crippen LogP contribution in [0.1, 0.15) is 31.2 Å². The fraction of sp³-hybridized carbons (Fsp3) is 0.783. The SMILES string of the molecule is Cn1cc(CN2C[C@@H]3CN(C(=O)N4CCCC4)CCC[C@]3(C(=O)N3CCOCC3)C2)cn1. The topological polar surface area (TPSA) is 74.2 Å². The van der Waals surface area contributed by atoms with E-state index in [4.69, 9.17) is 4.74 Å². The van der Waals surface area contributed by atoms with Gasteiger partial charge in [-0.25, -0.2) is 4.79 Å². The number of nitrogens with zero attached hydrogens (tertiary/aromatic N) is 6. The molecule has 1 aromatic heterocycles. The van der Waals surface area contributed by atoms with Crippen molar-refractivity contribution in [2.24, 2.45) is 18.4 Å². The first-order chi connectivity index (χ1) is 15.5. The molecule has 9 heteroatoms. The standard InChI is InChI=1S/C23H36N6O3/c1-25-14-19(13-24-25)15-26-16-20-17-29(22(31)28-6-2-3-7-28)8-4-5-23(20,18-26)21(30)27-9-11-32-12-10-27/h13-14,20H,2-12,15-18H2,1H3/t20-,23+/m1/s1. The zero-order valence-electron chi connectivity index (χ0n) is 19.2. The Morgan fingerprint density at radius 1 is 1.03 bits per heavy atom. The number of fused-ring (bicyclic) bond motifs is 1. The normalized spacial score (nSPS) is 29.3. The van der Waals surface area contributed by atoms with Crippen LogP contribution in [0.3, 0.4) is 0 Å². The highest BCUT2D eigenvalue weighted by Crippen LogP contribution is 2.45. The lowest BCUT2D eigenvalue weighted by Gasteiger charge is -2.39. The van der Waals surface area contributed by atoms with Crippen molar-refractivity contribution in [2.75, 3.05) is 65.6 Å². The average Bonchev–Trinajstić information content (AvgIpc) is 3.53. The summed E-state index contributed by atoms with van der Waals surface area (Å²) in [7, 11) is 1.93. The van der Waals surface area contributed by atoms with Gasteiger partial charge in [-0.15, -0.1) is 0 Å². The second kappa shape index (κ2) is 9.02. The van der Waals surface area contributed by atoms with Crippen molar-refractivity contribution in [3.8, 4) is 0 Å². The van der Waals surface area contributed by atoms with Gasteiger partial charge in [0.2, 0.25) is 5.91 Å². The molecule has 176 valence electrons. The third kappa shape index (κ3) is 4.12. The molecule has 4 aliphatic rings. The molecule has 9 nitrogen and oxygen atoms in total. The van der Waals surface area contributed by atoms with E-state index in [1.165, 1.54) is 5.56 Å². The van der Waals surface area contributed by atoms with Gasteiger partial charge in [-0.2, -0.15) is 5.10 Å². The first kappa shape index (κ1) is 21.7. The number of hydrogen-bond donors (Lipinski definition) is 0. The molecule has 2 atom stereocenters. The highest BCUT2D eigenvalue weighted by Gasteiger charge is 2.54.